The zero-order chi connectivity index (χ0) is 20.7. The highest BCUT2D eigenvalue weighted by Crippen LogP contribution is 2.50. The zero-order valence-corrected chi connectivity index (χ0v) is 19.1. The quantitative estimate of drug-likeness (QED) is 0.669. The molecule has 152 valence electrons. The predicted molar refractivity (Wildman–Crippen MR) is 122 cm³/mol. The van der Waals surface area contributed by atoms with E-state index in [2.05, 4.69) is 94.4 Å². The van der Waals surface area contributed by atoms with E-state index in [-0.39, 0.29) is 16.6 Å². The molecule has 2 aromatic carbocycles. The van der Waals surface area contributed by atoms with Gasteiger partial charge in [-0.25, -0.2) is 0 Å². The Kier molecular flexibility index (Phi) is 5.16. The maximum Gasteiger partial charge on any atom is 0.261 e. The summed E-state index contributed by atoms with van der Waals surface area (Å²) in [6, 6.07) is 21.6. The van der Waals surface area contributed by atoms with Crippen molar-refractivity contribution in [3.05, 3.63) is 72.3 Å². The molecule has 0 radical (unpaired) electrons. The van der Waals surface area contributed by atoms with Gasteiger partial charge in [-0.15, -0.1) is 0 Å². The van der Waals surface area contributed by atoms with E-state index in [9.17, 15) is 4.79 Å². The van der Waals surface area contributed by atoms with Gasteiger partial charge in [0, 0.05) is 11.8 Å². The lowest BCUT2D eigenvalue weighted by Gasteiger charge is -2.50. The van der Waals surface area contributed by atoms with Gasteiger partial charge in [0.15, 0.2) is 5.78 Å². The van der Waals surface area contributed by atoms with Crippen LogP contribution in [0.5, 0.6) is 0 Å². The Morgan fingerprint density at radius 2 is 1.52 bits per heavy atom. The molecule has 0 spiro atoms. The van der Waals surface area contributed by atoms with Gasteiger partial charge in [-0.05, 0) is 40.2 Å². The number of fused-ring (bicyclic) bond motifs is 1. The van der Waals surface area contributed by atoms with Crippen molar-refractivity contribution < 1.29 is 9.22 Å². The minimum absolute atomic E-state index is 0.0456. The molecule has 0 aliphatic heterocycles. The maximum atomic E-state index is 12.6. The van der Waals surface area contributed by atoms with Gasteiger partial charge in [-0.1, -0.05) is 94.4 Å². The fraction of sp³-hybridized carbons (Fsp3) is 0.423. The number of hydrogen-bond acceptors (Lipinski definition) is 2. The third-order valence-electron chi connectivity index (χ3n) is 7.01. The van der Waals surface area contributed by atoms with E-state index in [0.717, 1.165) is 24.8 Å². The molecule has 0 heterocycles. The highest BCUT2D eigenvalue weighted by molar-refractivity contribution is 6.99. The number of allylic oxidation sites excluding steroid dienone is 1. The molecule has 0 N–H and O–H groups in total. The number of Topliss-reactive ketones (excluding diaryl/α,β-unsaturated/α-hetero) is 1. The number of carbonyl (C=O) groups excluding carboxylic acids is 1. The predicted octanol–water partition coefficient (Wildman–Crippen LogP) is 5.02. The normalized spacial score (nSPS) is 24.9. The molecule has 0 amide bonds. The van der Waals surface area contributed by atoms with Crippen LogP contribution in [0.15, 0.2) is 72.3 Å². The molecule has 0 aromatic heterocycles. The number of hydrogen-bond donors (Lipinski definition) is 0. The van der Waals surface area contributed by atoms with E-state index >= 15 is 0 Å². The van der Waals surface area contributed by atoms with Gasteiger partial charge in [-0.3, -0.25) is 4.79 Å². The fourth-order valence-electron chi connectivity index (χ4n) is 5.46. The Bertz CT molecular complexity index is 871. The smallest absolute Gasteiger partial charge is 0.261 e. The van der Waals surface area contributed by atoms with Crippen LogP contribution in [-0.4, -0.2) is 20.2 Å². The summed E-state index contributed by atoms with van der Waals surface area (Å²) in [6.07, 6.45) is 5.65. The summed E-state index contributed by atoms with van der Waals surface area (Å²) in [7, 11) is -2.60. The number of ketones is 1. The third-order valence-corrected chi connectivity index (χ3v) is 12.1. The highest BCUT2D eigenvalue weighted by atomic mass is 28.4. The first-order chi connectivity index (χ1) is 13.8. The van der Waals surface area contributed by atoms with E-state index < -0.39 is 8.32 Å². The van der Waals surface area contributed by atoms with Crippen LogP contribution < -0.4 is 10.4 Å². The molecule has 2 nitrogen and oxygen atoms in total. The van der Waals surface area contributed by atoms with Gasteiger partial charge in [0.05, 0.1) is 6.10 Å². The minimum atomic E-state index is -2.60. The van der Waals surface area contributed by atoms with Crippen molar-refractivity contribution in [3.63, 3.8) is 0 Å². The lowest BCUT2D eigenvalue weighted by atomic mass is 9.70. The topological polar surface area (TPSA) is 26.3 Å². The van der Waals surface area contributed by atoms with E-state index in [1.54, 1.807) is 0 Å². The van der Waals surface area contributed by atoms with Gasteiger partial charge >= 0.3 is 0 Å². The van der Waals surface area contributed by atoms with E-state index in [1.807, 2.05) is 0 Å². The summed E-state index contributed by atoms with van der Waals surface area (Å²) in [5.74, 6) is 0.326. The molecule has 29 heavy (non-hydrogen) atoms. The zero-order valence-electron chi connectivity index (χ0n) is 18.1. The molecule has 0 unspecified atom stereocenters. The molecule has 1 fully saturated rings. The molecular weight excluding hydrogens is 372 g/mol. The van der Waals surface area contributed by atoms with E-state index in [0.29, 0.717) is 12.2 Å². The first-order valence-corrected chi connectivity index (χ1v) is 12.7. The van der Waals surface area contributed by atoms with Gasteiger partial charge in [0.2, 0.25) is 0 Å². The monoisotopic (exact) mass is 404 g/mol. The summed E-state index contributed by atoms with van der Waals surface area (Å²) in [5.41, 5.74) is 0.856. The molecule has 3 heteroatoms. The Hall–Kier alpha value is -1.97. The number of carbonyl (C=O) groups is 1. The number of benzene rings is 2. The molecule has 2 aliphatic rings. The summed E-state index contributed by atoms with van der Waals surface area (Å²) in [5, 5.41) is 2.57. The second-order valence-corrected chi connectivity index (χ2v) is 14.1. The summed E-state index contributed by atoms with van der Waals surface area (Å²) >= 11 is 0. The third kappa shape index (κ3) is 3.25. The summed E-state index contributed by atoms with van der Waals surface area (Å²) in [6.45, 7) is 9.22. The van der Waals surface area contributed by atoms with Gasteiger partial charge in [0.25, 0.3) is 8.32 Å². The fourth-order valence-corrected chi connectivity index (χ4v) is 10.3. The van der Waals surface area contributed by atoms with Gasteiger partial charge in [-0.2, -0.15) is 0 Å². The van der Waals surface area contributed by atoms with Crippen LogP contribution in [0.25, 0.3) is 0 Å². The van der Waals surface area contributed by atoms with Crippen molar-refractivity contribution >= 4 is 24.5 Å². The van der Waals surface area contributed by atoms with Crippen LogP contribution in [-0.2, 0) is 9.22 Å². The first kappa shape index (κ1) is 20.3. The van der Waals surface area contributed by atoms with Crippen LogP contribution in [0, 0.1) is 5.41 Å². The Morgan fingerprint density at radius 3 is 2.03 bits per heavy atom. The van der Waals surface area contributed by atoms with Crippen LogP contribution in [0.2, 0.25) is 5.04 Å². The Balaban J connectivity index is 1.88. The Morgan fingerprint density at radius 1 is 0.966 bits per heavy atom. The minimum Gasteiger partial charge on any atom is -0.404 e. The van der Waals surface area contributed by atoms with Crippen LogP contribution in [0.4, 0.5) is 0 Å². The molecule has 2 aliphatic carbocycles. The van der Waals surface area contributed by atoms with Crippen molar-refractivity contribution in [3.8, 4) is 0 Å². The molecule has 2 atom stereocenters. The van der Waals surface area contributed by atoms with Crippen LogP contribution >= 0.6 is 0 Å². The van der Waals surface area contributed by atoms with Crippen LogP contribution in [0.3, 0.4) is 0 Å². The average Bonchev–Trinajstić information content (AvgIpc) is 3.12. The molecule has 0 bridgehead atoms. The summed E-state index contributed by atoms with van der Waals surface area (Å²) in [4.78, 5) is 12.6. The molecule has 0 saturated heterocycles. The van der Waals surface area contributed by atoms with Crippen molar-refractivity contribution in [1.29, 1.82) is 0 Å². The van der Waals surface area contributed by atoms with Crippen molar-refractivity contribution in [2.24, 2.45) is 5.41 Å². The van der Waals surface area contributed by atoms with Crippen molar-refractivity contribution in [1.82, 2.24) is 0 Å². The van der Waals surface area contributed by atoms with Crippen molar-refractivity contribution in [2.45, 2.75) is 64.5 Å². The average molecular weight is 405 g/mol. The van der Waals surface area contributed by atoms with Crippen molar-refractivity contribution in [2.75, 3.05) is 0 Å². The molecular formula is C26H32O2Si. The van der Waals surface area contributed by atoms with Gasteiger partial charge in [0.1, 0.15) is 0 Å². The van der Waals surface area contributed by atoms with E-state index in [4.69, 9.17) is 4.43 Å². The highest BCUT2D eigenvalue weighted by Gasteiger charge is 2.55. The molecule has 4 rings (SSSR count). The Labute approximate surface area is 176 Å². The van der Waals surface area contributed by atoms with E-state index in [1.165, 1.54) is 10.4 Å². The SMILES string of the molecule is CC(C)(C)[Si](O[C@@H]1CCC(=O)C2=CCC[C@]21C)(c1ccccc1)c1ccccc1. The number of rotatable bonds is 4. The maximum absolute atomic E-state index is 12.6. The van der Waals surface area contributed by atoms with Gasteiger partial charge < -0.3 is 4.43 Å². The lowest BCUT2D eigenvalue weighted by molar-refractivity contribution is -0.120. The largest absolute Gasteiger partial charge is 0.404 e. The second kappa shape index (κ2) is 7.37. The summed E-state index contributed by atoms with van der Waals surface area (Å²) < 4.78 is 7.43. The first-order valence-electron chi connectivity index (χ1n) is 10.8. The lowest BCUT2D eigenvalue weighted by Crippen LogP contribution is -2.69. The molecule has 1 saturated carbocycles. The second-order valence-electron chi connectivity index (χ2n) is 9.81. The molecule has 2 aromatic rings. The standard InChI is InChI=1S/C26H32O2Si/c1-25(2,3)29(20-12-7-5-8-13-20,21-14-9-6-10-15-21)28-24-18-17-23(27)22-16-11-19-26(22,24)4/h5-10,12-16,24H,11,17-19H2,1-4H3/t24-,26-/m1/s1. The van der Waals surface area contributed by atoms with Crippen LogP contribution in [0.1, 0.15) is 53.4 Å².